The van der Waals surface area contributed by atoms with Crippen LogP contribution in [0.1, 0.15) is 0 Å². The van der Waals surface area contributed by atoms with Crippen molar-refractivity contribution >= 4 is 44.4 Å². The average molecular weight is 398 g/mol. The van der Waals surface area contributed by atoms with Gasteiger partial charge in [0.25, 0.3) is 11.1 Å². The van der Waals surface area contributed by atoms with E-state index < -0.39 is 0 Å². The summed E-state index contributed by atoms with van der Waals surface area (Å²) in [7, 11) is 1.58. The number of rotatable bonds is 6. The van der Waals surface area contributed by atoms with Crippen molar-refractivity contribution in [2.75, 3.05) is 18.2 Å². The van der Waals surface area contributed by atoms with E-state index in [-0.39, 0.29) is 11.7 Å². The molecular formula is C18H14N4O3S2. The number of amides is 1. The van der Waals surface area contributed by atoms with Crippen LogP contribution in [0.5, 0.6) is 5.75 Å². The Kier molecular flexibility index (Phi) is 5.03. The van der Waals surface area contributed by atoms with Gasteiger partial charge in [0.15, 0.2) is 5.13 Å². The predicted octanol–water partition coefficient (Wildman–Crippen LogP) is 4.09. The highest BCUT2D eigenvalue weighted by molar-refractivity contribution is 7.99. The van der Waals surface area contributed by atoms with Crippen molar-refractivity contribution in [3.8, 4) is 17.2 Å². The van der Waals surface area contributed by atoms with Gasteiger partial charge in [-0.15, -0.1) is 10.2 Å². The first-order chi connectivity index (χ1) is 13.2. The predicted molar refractivity (Wildman–Crippen MR) is 105 cm³/mol. The summed E-state index contributed by atoms with van der Waals surface area (Å²) in [5, 5.41) is 11.7. The number of nitrogens with one attached hydrogen (secondary N) is 1. The third-order valence-electron chi connectivity index (χ3n) is 3.61. The highest BCUT2D eigenvalue weighted by Gasteiger charge is 2.15. The van der Waals surface area contributed by atoms with Crippen LogP contribution in [0.4, 0.5) is 5.13 Å². The van der Waals surface area contributed by atoms with Gasteiger partial charge in [-0.1, -0.05) is 47.4 Å². The number of benzene rings is 2. The molecule has 0 atom stereocenters. The number of fused-ring (bicyclic) bond motifs is 1. The van der Waals surface area contributed by atoms with Crippen molar-refractivity contribution in [1.82, 2.24) is 15.2 Å². The maximum atomic E-state index is 12.2. The summed E-state index contributed by atoms with van der Waals surface area (Å²) in [6, 6.07) is 15.1. The number of hydrogen-bond acceptors (Lipinski definition) is 8. The first-order valence-electron chi connectivity index (χ1n) is 7.98. The van der Waals surface area contributed by atoms with Crippen molar-refractivity contribution in [1.29, 1.82) is 0 Å². The van der Waals surface area contributed by atoms with Crippen molar-refractivity contribution in [3.63, 3.8) is 0 Å². The number of hydrogen-bond donors (Lipinski definition) is 1. The number of ether oxygens (including phenoxy) is 1. The molecule has 0 aliphatic rings. The van der Waals surface area contributed by atoms with Crippen LogP contribution in [0.15, 0.2) is 58.2 Å². The molecule has 1 N–H and O–H groups in total. The van der Waals surface area contributed by atoms with E-state index in [0.29, 0.717) is 27.6 Å². The largest absolute Gasteiger partial charge is 0.496 e. The number of aromatic nitrogens is 3. The lowest BCUT2D eigenvalue weighted by Gasteiger charge is -2.03. The molecule has 0 fully saturated rings. The highest BCUT2D eigenvalue weighted by atomic mass is 32.2. The van der Waals surface area contributed by atoms with Gasteiger partial charge in [0.1, 0.15) is 5.75 Å². The minimum Gasteiger partial charge on any atom is -0.496 e. The molecule has 0 aliphatic heterocycles. The number of carbonyl (C=O) groups excluding carboxylic acids is 1. The van der Waals surface area contributed by atoms with E-state index in [1.807, 2.05) is 48.5 Å². The Balaban J connectivity index is 1.39. The third-order valence-corrected chi connectivity index (χ3v) is 5.38. The number of anilines is 1. The lowest BCUT2D eigenvalue weighted by atomic mass is 10.2. The summed E-state index contributed by atoms with van der Waals surface area (Å²) >= 11 is 2.60. The second-order valence-corrected chi connectivity index (χ2v) is 7.35. The molecule has 136 valence electrons. The molecule has 4 aromatic rings. The quantitative estimate of drug-likeness (QED) is 0.489. The maximum absolute atomic E-state index is 12.2. The van der Waals surface area contributed by atoms with Crippen LogP contribution in [0, 0.1) is 0 Å². The molecule has 2 aromatic carbocycles. The van der Waals surface area contributed by atoms with Gasteiger partial charge in [-0.05, 0) is 24.3 Å². The molecule has 27 heavy (non-hydrogen) atoms. The fourth-order valence-electron chi connectivity index (χ4n) is 2.41. The first-order valence-corrected chi connectivity index (χ1v) is 9.78. The number of para-hydroxylation sites is 2. The molecule has 0 spiro atoms. The minimum absolute atomic E-state index is 0.142. The van der Waals surface area contributed by atoms with E-state index in [2.05, 4.69) is 20.5 Å². The average Bonchev–Trinajstić information content (AvgIpc) is 3.32. The van der Waals surface area contributed by atoms with E-state index in [4.69, 9.17) is 9.15 Å². The van der Waals surface area contributed by atoms with Gasteiger partial charge in [0, 0.05) is 0 Å². The normalized spacial score (nSPS) is 10.9. The van der Waals surface area contributed by atoms with Crippen molar-refractivity contribution in [2.45, 2.75) is 5.22 Å². The molecular weight excluding hydrogens is 384 g/mol. The monoisotopic (exact) mass is 398 g/mol. The molecule has 7 nitrogen and oxygen atoms in total. The van der Waals surface area contributed by atoms with Crippen LogP contribution >= 0.6 is 23.1 Å². The molecule has 9 heteroatoms. The second-order valence-electron chi connectivity index (χ2n) is 5.40. The molecule has 2 heterocycles. The smallest absolute Gasteiger partial charge is 0.277 e. The Hall–Kier alpha value is -2.91. The molecule has 0 radical (unpaired) electrons. The van der Waals surface area contributed by atoms with Gasteiger partial charge in [-0.2, -0.15) is 0 Å². The number of nitrogens with zero attached hydrogens (tertiary/aromatic N) is 3. The first kappa shape index (κ1) is 17.5. The Bertz CT molecular complexity index is 1060. The number of methoxy groups -OCH3 is 1. The van der Waals surface area contributed by atoms with Gasteiger partial charge in [-0.25, -0.2) is 4.98 Å². The van der Waals surface area contributed by atoms with Gasteiger partial charge >= 0.3 is 0 Å². The zero-order valence-corrected chi connectivity index (χ0v) is 15.8. The molecule has 0 unspecified atom stereocenters. The summed E-state index contributed by atoms with van der Waals surface area (Å²) < 4.78 is 11.9. The van der Waals surface area contributed by atoms with Crippen LogP contribution in [0.25, 0.3) is 21.7 Å². The van der Waals surface area contributed by atoms with E-state index in [1.165, 1.54) is 23.1 Å². The molecule has 2 aromatic heterocycles. The number of carbonyl (C=O) groups is 1. The van der Waals surface area contributed by atoms with Crippen molar-refractivity contribution in [3.05, 3.63) is 48.5 Å². The lowest BCUT2D eigenvalue weighted by Crippen LogP contribution is -2.13. The summed E-state index contributed by atoms with van der Waals surface area (Å²) in [4.78, 5) is 16.5. The fraction of sp³-hybridized carbons (Fsp3) is 0.111. The molecule has 4 rings (SSSR count). The minimum atomic E-state index is -0.184. The zero-order chi connectivity index (χ0) is 18.6. The lowest BCUT2D eigenvalue weighted by molar-refractivity contribution is -0.113. The highest BCUT2D eigenvalue weighted by Crippen LogP contribution is 2.30. The molecule has 1 amide bonds. The second kappa shape index (κ2) is 7.77. The SMILES string of the molecule is COc1ccccc1-c1nnc(SCC(=O)Nc2nc3ccccc3s2)o1. The van der Waals surface area contributed by atoms with Gasteiger partial charge in [0.05, 0.1) is 28.6 Å². The van der Waals surface area contributed by atoms with Crippen LogP contribution in [0.3, 0.4) is 0 Å². The van der Waals surface area contributed by atoms with Crippen molar-refractivity contribution in [2.24, 2.45) is 0 Å². The maximum Gasteiger partial charge on any atom is 0.277 e. The van der Waals surface area contributed by atoms with E-state index in [9.17, 15) is 4.79 Å². The Labute approximate surface area is 162 Å². The summed E-state index contributed by atoms with van der Waals surface area (Å²) in [6.45, 7) is 0. The molecule has 0 saturated heterocycles. The van der Waals surface area contributed by atoms with E-state index >= 15 is 0 Å². The number of thioether (sulfide) groups is 1. The summed E-state index contributed by atoms with van der Waals surface area (Å²) in [5.41, 5.74) is 1.57. The third kappa shape index (κ3) is 3.93. The zero-order valence-electron chi connectivity index (χ0n) is 14.2. The summed E-state index contributed by atoms with van der Waals surface area (Å²) in [5.74, 6) is 0.952. The van der Waals surface area contributed by atoms with Gasteiger partial charge in [-0.3, -0.25) is 4.79 Å². The number of thiazole rings is 1. The fourth-order valence-corrected chi connectivity index (χ4v) is 3.85. The standard InChI is InChI=1S/C18H14N4O3S2/c1-24-13-8-4-2-6-11(13)16-21-22-18(25-16)26-10-15(23)20-17-19-12-7-3-5-9-14(12)27-17/h2-9H,10H2,1H3,(H,19,20,23). The Morgan fingerprint density at radius 3 is 2.85 bits per heavy atom. The Morgan fingerprint density at radius 2 is 2.00 bits per heavy atom. The molecule has 0 bridgehead atoms. The summed E-state index contributed by atoms with van der Waals surface area (Å²) in [6.07, 6.45) is 0. The topological polar surface area (TPSA) is 90.1 Å². The Morgan fingerprint density at radius 1 is 1.19 bits per heavy atom. The van der Waals surface area contributed by atoms with Crippen LogP contribution < -0.4 is 10.1 Å². The van der Waals surface area contributed by atoms with Crippen LogP contribution in [0.2, 0.25) is 0 Å². The van der Waals surface area contributed by atoms with Gasteiger partial charge < -0.3 is 14.5 Å². The molecule has 0 saturated carbocycles. The van der Waals surface area contributed by atoms with E-state index in [0.717, 1.165) is 10.2 Å². The van der Waals surface area contributed by atoms with Gasteiger partial charge in [0.2, 0.25) is 5.91 Å². The van der Waals surface area contributed by atoms with E-state index in [1.54, 1.807) is 7.11 Å². The van der Waals surface area contributed by atoms with Crippen LogP contribution in [-0.2, 0) is 4.79 Å². The van der Waals surface area contributed by atoms with Crippen molar-refractivity contribution < 1.29 is 13.9 Å². The van der Waals surface area contributed by atoms with Crippen LogP contribution in [-0.4, -0.2) is 34.0 Å². The molecule has 0 aliphatic carbocycles.